The molecule has 0 saturated heterocycles. The van der Waals surface area contributed by atoms with Gasteiger partial charge in [0, 0.05) is 12.6 Å². The highest BCUT2D eigenvalue weighted by Crippen LogP contribution is 2.29. The zero-order chi connectivity index (χ0) is 13.4. The van der Waals surface area contributed by atoms with Crippen molar-refractivity contribution in [3.8, 4) is 27.8 Å². The number of rotatable bonds is 2. The Labute approximate surface area is 114 Å². The zero-order valence-corrected chi connectivity index (χ0v) is 11.1. The molecule has 0 amide bonds. The molecule has 3 N–H and O–H groups in total. The fourth-order valence-electron chi connectivity index (χ4n) is 1.83. The molecule has 1 aromatic carbocycles. The van der Waals surface area contributed by atoms with Gasteiger partial charge in [0.1, 0.15) is 5.75 Å². The summed E-state index contributed by atoms with van der Waals surface area (Å²) in [4.78, 5) is 5.52. The average molecular weight is 272 g/mol. The van der Waals surface area contributed by atoms with Gasteiger partial charge < -0.3 is 10.8 Å². The number of nitrogens with two attached hydrogens (primary N) is 1. The van der Waals surface area contributed by atoms with Crippen molar-refractivity contribution in [3.63, 3.8) is 0 Å². The summed E-state index contributed by atoms with van der Waals surface area (Å²) < 4.78 is 1.69. The number of phenols is 1. The number of benzene rings is 1. The molecule has 0 bridgehead atoms. The third-order valence-corrected chi connectivity index (χ3v) is 3.66. The van der Waals surface area contributed by atoms with Crippen molar-refractivity contribution in [3.05, 3.63) is 35.7 Å². The Kier molecular flexibility index (Phi) is 2.72. The van der Waals surface area contributed by atoms with E-state index >= 15 is 0 Å². The minimum atomic E-state index is 0.0539. The van der Waals surface area contributed by atoms with Crippen molar-refractivity contribution in [2.24, 2.45) is 7.05 Å². The maximum atomic E-state index is 9.66. The molecule has 5 nitrogen and oxygen atoms in total. The summed E-state index contributed by atoms with van der Waals surface area (Å²) in [6.07, 6.45) is 0. The summed E-state index contributed by atoms with van der Waals surface area (Å²) in [5, 5.41) is 16.0. The zero-order valence-electron chi connectivity index (χ0n) is 10.2. The number of thiophene rings is 1. The average Bonchev–Trinajstić information content (AvgIpc) is 3.01. The van der Waals surface area contributed by atoms with Crippen molar-refractivity contribution in [2.45, 2.75) is 0 Å². The van der Waals surface area contributed by atoms with E-state index in [9.17, 15) is 5.11 Å². The van der Waals surface area contributed by atoms with Crippen molar-refractivity contribution in [1.82, 2.24) is 14.8 Å². The van der Waals surface area contributed by atoms with Crippen LogP contribution in [0.3, 0.4) is 0 Å². The Hall–Kier alpha value is -2.34. The standard InChI is InChI=1S/C13H12N4OS/c1-17-13(8-4-5-9(14)10(18)7-8)15-12(16-17)11-3-2-6-19-11/h2-7,18H,14H2,1H3. The van der Waals surface area contributed by atoms with Crippen molar-refractivity contribution in [2.75, 3.05) is 5.73 Å². The number of nitrogens with zero attached hydrogens (tertiary/aromatic N) is 3. The van der Waals surface area contributed by atoms with E-state index in [0.29, 0.717) is 17.3 Å². The molecule has 96 valence electrons. The van der Waals surface area contributed by atoms with Crippen LogP contribution < -0.4 is 5.73 Å². The van der Waals surface area contributed by atoms with E-state index in [1.165, 1.54) is 0 Å². The lowest BCUT2D eigenvalue weighted by Crippen LogP contribution is -1.95. The van der Waals surface area contributed by atoms with Gasteiger partial charge in [-0.2, -0.15) is 0 Å². The maximum absolute atomic E-state index is 9.66. The van der Waals surface area contributed by atoms with Crippen LogP contribution in [-0.2, 0) is 7.05 Å². The number of hydrogen-bond donors (Lipinski definition) is 2. The van der Waals surface area contributed by atoms with E-state index < -0.39 is 0 Å². The second-order valence-corrected chi connectivity index (χ2v) is 5.08. The fraction of sp³-hybridized carbons (Fsp3) is 0.0769. The molecule has 0 radical (unpaired) electrons. The third kappa shape index (κ3) is 2.06. The Morgan fingerprint density at radius 1 is 1.32 bits per heavy atom. The van der Waals surface area contributed by atoms with Crippen LogP contribution >= 0.6 is 11.3 Å². The third-order valence-electron chi connectivity index (χ3n) is 2.79. The SMILES string of the molecule is Cn1nc(-c2cccs2)nc1-c1ccc(N)c(O)c1. The van der Waals surface area contributed by atoms with Crippen molar-refractivity contribution in [1.29, 1.82) is 0 Å². The first-order valence-electron chi connectivity index (χ1n) is 5.69. The lowest BCUT2D eigenvalue weighted by atomic mass is 10.2. The Balaban J connectivity index is 2.08. The first kappa shape index (κ1) is 11.7. The van der Waals surface area contributed by atoms with Crippen LogP contribution in [0.4, 0.5) is 5.69 Å². The molecule has 2 heterocycles. The van der Waals surface area contributed by atoms with Crippen LogP contribution in [-0.4, -0.2) is 19.9 Å². The van der Waals surface area contributed by atoms with E-state index in [0.717, 1.165) is 10.4 Å². The first-order chi connectivity index (χ1) is 9.15. The van der Waals surface area contributed by atoms with Crippen molar-refractivity contribution < 1.29 is 5.11 Å². The van der Waals surface area contributed by atoms with E-state index in [-0.39, 0.29) is 5.75 Å². The van der Waals surface area contributed by atoms with Crippen LogP contribution in [0.25, 0.3) is 22.1 Å². The van der Waals surface area contributed by atoms with Crippen LogP contribution in [0.15, 0.2) is 35.7 Å². The van der Waals surface area contributed by atoms with Gasteiger partial charge in [-0.05, 0) is 29.6 Å². The molecule has 3 rings (SSSR count). The molecule has 0 fully saturated rings. The fourth-order valence-corrected chi connectivity index (χ4v) is 2.48. The Morgan fingerprint density at radius 3 is 2.84 bits per heavy atom. The van der Waals surface area contributed by atoms with Crippen molar-refractivity contribution >= 4 is 17.0 Å². The first-order valence-corrected chi connectivity index (χ1v) is 6.57. The summed E-state index contributed by atoms with van der Waals surface area (Å²) >= 11 is 1.59. The molecule has 0 atom stereocenters. The molecular formula is C13H12N4OS. The summed E-state index contributed by atoms with van der Waals surface area (Å²) in [6.45, 7) is 0. The second-order valence-electron chi connectivity index (χ2n) is 4.13. The highest BCUT2D eigenvalue weighted by molar-refractivity contribution is 7.13. The summed E-state index contributed by atoms with van der Waals surface area (Å²) in [7, 11) is 1.83. The topological polar surface area (TPSA) is 77.0 Å². The number of hydrogen-bond acceptors (Lipinski definition) is 5. The molecule has 3 aromatic rings. The minimum absolute atomic E-state index is 0.0539. The van der Waals surface area contributed by atoms with Crippen LogP contribution in [0.1, 0.15) is 0 Å². The van der Waals surface area contributed by atoms with Gasteiger partial charge in [0.25, 0.3) is 0 Å². The predicted molar refractivity (Wildman–Crippen MR) is 75.8 cm³/mol. The lowest BCUT2D eigenvalue weighted by molar-refractivity contribution is 0.478. The number of anilines is 1. The molecule has 0 unspecified atom stereocenters. The normalized spacial score (nSPS) is 10.8. The van der Waals surface area contributed by atoms with E-state index in [1.54, 1.807) is 28.2 Å². The lowest BCUT2D eigenvalue weighted by Gasteiger charge is -2.02. The number of aromatic nitrogens is 3. The largest absolute Gasteiger partial charge is 0.506 e. The van der Waals surface area contributed by atoms with Crippen LogP contribution in [0.5, 0.6) is 5.75 Å². The van der Waals surface area contributed by atoms with Crippen LogP contribution in [0, 0.1) is 0 Å². The quantitative estimate of drug-likeness (QED) is 0.555. The number of aromatic hydroxyl groups is 1. The number of nitrogen functional groups attached to an aromatic ring is 1. The predicted octanol–water partition coefficient (Wildman–Crippen LogP) is 2.50. The van der Waals surface area contributed by atoms with E-state index in [1.807, 2.05) is 30.6 Å². The second kappa shape index (κ2) is 4.40. The number of aryl methyl sites for hydroxylation is 1. The van der Waals surface area contributed by atoms with Gasteiger partial charge in [-0.15, -0.1) is 16.4 Å². The molecule has 2 aromatic heterocycles. The smallest absolute Gasteiger partial charge is 0.191 e. The van der Waals surface area contributed by atoms with Gasteiger partial charge in [0.05, 0.1) is 10.6 Å². The molecule has 0 aliphatic heterocycles. The number of phenolic OH excluding ortho intramolecular Hbond substituents is 1. The molecule has 0 spiro atoms. The highest BCUT2D eigenvalue weighted by atomic mass is 32.1. The van der Waals surface area contributed by atoms with Gasteiger partial charge in [-0.3, -0.25) is 0 Å². The summed E-state index contributed by atoms with van der Waals surface area (Å²) in [6, 6.07) is 9.01. The molecular weight excluding hydrogens is 260 g/mol. The summed E-state index contributed by atoms with van der Waals surface area (Å²) in [5.41, 5.74) is 6.73. The highest BCUT2D eigenvalue weighted by Gasteiger charge is 2.12. The Bertz CT molecular complexity index is 718. The van der Waals surface area contributed by atoms with Gasteiger partial charge in [0.15, 0.2) is 11.6 Å². The minimum Gasteiger partial charge on any atom is -0.506 e. The summed E-state index contributed by atoms with van der Waals surface area (Å²) in [5.74, 6) is 1.43. The van der Waals surface area contributed by atoms with E-state index in [2.05, 4.69) is 10.1 Å². The monoisotopic (exact) mass is 272 g/mol. The molecule has 0 saturated carbocycles. The maximum Gasteiger partial charge on any atom is 0.191 e. The Morgan fingerprint density at radius 2 is 2.16 bits per heavy atom. The van der Waals surface area contributed by atoms with Gasteiger partial charge >= 0.3 is 0 Å². The van der Waals surface area contributed by atoms with E-state index in [4.69, 9.17) is 5.73 Å². The van der Waals surface area contributed by atoms with Gasteiger partial charge in [-0.1, -0.05) is 6.07 Å². The molecule has 0 aliphatic rings. The van der Waals surface area contributed by atoms with Gasteiger partial charge in [-0.25, -0.2) is 9.67 Å². The van der Waals surface area contributed by atoms with Gasteiger partial charge in [0.2, 0.25) is 0 Å². The molecule has 19 heavy (non-hydrogen) atoms. The molecule has 6 heteroatoms. The van der Waals surface area contributed by atoms with Crippen LogP contribution in [0.2, 0.25) is 0 Å². The molecule has 0 aliphatic carbocycles.